The summed E-state index contributed by atoms with van der Waals surface area (Å²) in [7, 11) is 0. The minimum atomic E-state index is -0.431. The maximum atomic E-state index is 14.5. The molecule has 0 heterocycles. The highest BCUT2D eigenvalue weighted by atomic mass is 19.1. The third-order valence-electron chi connectivity index (χ3n) is 5.63. The second kappa shape index (κ2) is 12.6. The van der Waals surface area contributed by atoms with E-state index in [0.717, 1.165) is 36.8 Å². The van der Waals surface area contributed by atoms with Crippen molar-refractivity contribution < 1.29 is 8.78 Å². The van der Waals surface area contributed by atoms with Crippen molar-refractivity contribution in [3.8, 4) is 23.7 Å². The van der Waals surface area contributed by atoms with Crippen molar-refractivity contribution in [1.29, 1.82) is 0 Å². The summed E-state index contributed by atoms with van der Waals surface area (Å²) < 4.78 is 28.9. The molecule has 0 radical (unpaired) electrons. The van der Waals surface area contributed by atoms with Crippen LogP contribution in [0, 0.1) is 35.3 Å². The highest BCUT2D eigenvalue weighted by molar-refractivity contribution is 5.49. The van der Waals surface area contributed by atoms with Crippen LogP contribution in [-0.2, 0) is 12.8 Å². The molecule has 3 rings (SSSR count). The van der Waals surface area contributed by atoms with Crippen LogP contribution >= 0.6 is 0 Å². The highest BCUT2D eigenvalue weighted by Gasteiger charge is 2.04. The molecule has 3 aromatic carbocycles. The second-order valence-corrected chi connectivity index (χ2v) is 8.22. The lowest BCUT2D eigenvalue weighted by atomic mass is 10.0. The van der Waals surface area contributed by atoms with Crippen LogP contribution in [0.1, 0.15) is 79.3 Å². The van der Waals surface area contributed by atoms with Gasteiger partial charge in [-0.25, -0.2) is 8.78 Å². The fraction of sp³-hybridized carbons (Fsp3) is 0.290. The fourth-order valence-corrected chi connectivity index (χ4v) is 3.55. The van der Waals surface area contributed by atoms with E-state index in [4.69, 9.17) is 0 Å². The summed E-state index contributed by atoms with van der Waals surface area (Å²) in [5.41, 5.74) is 4.27. The van der Waals surface area contributed by atoms with Crippen LogP contribution < -0.4 is 0 Å². The molecule has 0 aliphatic rings. The Morgan fingerprint density at radius 1 is 0.606 bits per heavy atom. The summed E-state index contributed by atoms with van der Waals surface area (Å²) in [5, 5.41) is 0. The second-order valence-electron chi connectivity index (χ2n) is 8.22. The summed E-state index contributed by atoms with van der Waals surface area (Å²) in [6.07, 6.45) is 7.47. The Balaban J connectivity index is 1.64. The third kappa shape index (κ3) is 7.62. The lowest BCUT2D eigenvalue weighted by molar-refractivity contribution is 0.587. The van der Waals surface area contributed by atoms with Gasteiger partial charge in [0.15, 0.2) is 0 Å². The standard InChI is InChI=1S/C31H30F2/c1-3-5-6-7-8-9-28-19-16-27(23-30(28)32)18-21-29-20-17-26(22-31(29)33)15-14-25-12-10-24(4-2)11-13-25/h10-13,16-17,19-20,22-23H,3-9H2,1-2H3. The van der Waals surface area contributed by atoms with Crippen LogP contribution in [0.4, 0.5) is 8.78 Å². The van der Waals surface area contributed by atoms with E-state index in [1.807, 2.05) is 24.3 Å². The van der Waals surface area contributed by atoms with Crippen LogP contribution in [0.15, 0.2) is 60.7 Å². The van der Waals surface area contributed by atoms with Gasteiger partial charge in [-0.2, -0.15) is 0 Å². The predicted octanol–water partition coefficient (Wildman–Crippen LogP) is 7.84. The van der Waals surface area contributed by atoms with E-state index in [1.165, 1.54) is 37.0 Å². The lowest BCUT2D eigenvalue weighted by Crippen LogP contribution is -1.92. The van der Waals surface area contributed by atoms with Crippen molar-refractivity contribution in [2.45, 2.75) is 58.8 Å². The Kier molecular flexibility index (Phi) is 9.29. The molecule has 0 unspecified atom stereocenters. The summed E-state index contributed by atoms with van der Waals surface area (Å²) >= 11 is 0. The van der Waals surface area contributed by atoms with Gasteiger partial charge in [0, 0.05) is 16.7 Å². The van der Waals surface area contributed by atoms with Crippen molar-refractivity contribution >= 4 is 0 Å². The zero-order valence-electron chi connectivity index (χ0n) is 19.5. The number of aryl methyl sites for hydroxylation is 2. The molecular weight excluding hydrogens is 410 g/mol. The molecule has 0 fully saturated rings. The molecule has 0 nitrogen and oxygen atoms in total. The third-order valence-corrected chi connectivity index (χ3v) is 5.63. The zero-order valence-corrected chi connectivity index (χ0v) is 19.5. The number of hydrogen-bond acceptors (Lipinski definition) is 0. The summed E-state index contributed by atoms with van der Waals surface area (Å²) in [4.78, 5) is 0. The number of hydrogen-bond donors (Lipinski definition) is 0. The molecule has 0 saturated heterocycles. The van der Waals surface area contributed by atoms with Crippen molar-refractivity contribution in [2.75, 3.05) is 0 Å². The van der Waals surface area contributed by atoms with Crippen LogP contribution in [0.25, 0.3) is 0 Å². The summed E-state index contributed by atoms with van der Waals surface area (Å²) in [6.45, 7) is 4.29. The Labute approximate surface area is 197 Å². The first kappa shape index (κ1) is 24.3. The normalized spacial score (nSPS) is 10.2. The highest BCUT2D eigenvalue weighted by Crippen LogP contribution is 2.15. The number of unbranched alkanes of at least 4 members (excludes halogenated alkanes) is 4. The van der Waals surface area contributed by atoms with Gasteiger partial charge in [0.25, 0.3) is 0 Å². The molecule has 168 valence electrons. The van der Waals surface area contributed by atoms with E-state index >= 15 is 0 Å². The Hall–Kier alpha value is -3.36. The molecule has 0 saturated carbocycles. The van der Waals surface area contributed by atoms with Gasteiger partial charge in [-0.3, -0.25) is 0 Å². The maximum Gasteiger partial charge on any atom is 0.140 e. The minimum Gasteiger partial charge on any atom is -0.207 e. The van der Waals surface area contributed by atoms with Crippen molar-refractivity contribution in [1.82, 2.24) is 0 Å². The smallest absolute Gasteiger partial charge is 0.140 e. The van der Waals surface area contributed by atoms with Crippen molar-refractivity contribution in [3.05, 3.63) is 106 Å². The molecule has 2 heteroatoms. The van der Waals surface area contributed by atoms with E-state index < -0.39 is 5.82 Å². The van der Waals surface area contributed by atoms with Gasteiger partial charge in [-0.05, 0) is 72.9 Å². The Morgan fingerprint density at radius 2 is 1.21 bits per heavy atom. The topological polar surface area (TPSA) is 0 Å². The molecule has 0 atom stereocenters. The van der Waals surface area contributed by atoms with Gasteiger partial charge in [0.1, 0.15) is 11.6 Å². The van der Waals surface area contributed by atoms with Gasteiger partial charge in [0.2, 0.25) is 0 Å². The fourth-order valence-electron chi connectivity index (χ4n) is 3.55. The molecule has 0 spiro atoms. The number of halogens is 2. The van der Waals surface area contributed by atoms with E-state index in [-0.39, 0.29) is 11.4 Å². The molecule has 0 amide bonds. The lowest BCUT2D eigenvalue weighted by Gasteiger charge is -2.04. The predicted molar refractivity (Wildman–Crippen MR) is 133 cm³/mol. The van der Waals surface area contributed by atoms with Gasteiger partial charge in [-0.1, -0.05) is 81.4 Å². The molecule has 33 heavy (non-hydrogen) atoms. The van der Waals surface area contributed by atoms with E-state index in [0.29, 0.717) is 11.1 Å². The van der Waals surface area contributed by atoms with Crippen LogP contribution in [0.5, 0.6) is 0 Å². The zero-order chi connectivity index (χ0) is 23.5. The summed E-state index contributed by atoms with van der Waals surface area (Å²) in [6, 6.07) is 17.8. The SMILES string of the molecule is CCCCCCCc1ccc(C#Cc2ccc(C#Cc3ccc(CC)cc3)cc2F)cc1F. The molecular formula is C31H30F2. The van der Waals surface area contributed by atoms with E-state index in [2.05, 4.69) is 37.5 Å². The first-order chi connectivity index (χ1) is 16.1. The Morgan fingerprint density at radius 3 is 1.88 bits per heavy atom. The average Bonchev–Trinajstić information content (AvgIpc) is 2.83. The largest absolute Gasteiger partial charge is 0.207 e. The van der Waals surface area contributed by atoms with Crippen molar-refractivity contribution in [3.63, 3.8) is 0 Å². The van der Waals surface area contributed by atoms with E-state index in [1.54, 1.807) is 24.3 Å². The molecule has 0 aromatic heterocycles. The molecule has 0 aliphatic heterocycles. The van der Waals surface area contributed by atoms with Gasteiger partial charge in [-0.15, -0.1) is 0 Å². The van der Waals surface area contributed by atoms with Crippen LogP contribution in [0.3, 0.4) is 0 Å². The maximum absolute atomic E-state index is 14.5. The molecule has 0 aliphatic carbocycles. The minimum absolute atomic E-state index is 0.240. The Bertz CT molecular complexity index is 1180. The first-order valence-corrected chi connectivity index (χ1v) is 11.8. The number of benzene rings is 3. The quantitative estimate of drug-likeness (QED) is 0.259. The van der Waals surface area contributed by atoms with Crippen LogP contribution in [-0.4, -0.2) is 0 Å². The van der Waals surface area contributed by atoms with Crippen LogP contribution in [0.2, 0.25) is 0 Å². The first-order valence-electron chi connectivity index (χ1n) is 11.8. The van der Waals surface area contributed by atoms with E-state index in [9.17, 15) is 8.78 Å². The molecule has 0 bridgehead atoms. The van der Waals surface area contributed by atoms with Gasteiger partial charge in [0.05, 0.1) is 5.56 Å². The average molecular weight is 441 g/mol. The van der Waals surface area contributed by atoms with Gasteiger partial charge < -0.3 is 0 Å². The molecule has 3 aromatic rings. The van der Waals surface area contributed by atoms with Crippen molar-refractivity contribution in [2.24, 2.45) is 0 Å². The summed E-state index contributed by atoms with van der Waals surface area (Å²) in [5.74, 6) is 11.1. The monoisotopic (exact) mass is 440 g/mol. The van der Waals surface area contributed by atoms with Gasteiger partial charge >= 0.3 is 0 Å². The number of rotatable bonds is 7. The molecule has 0 N–H and O–H groups in total.